The molecule has 1 aromatic carbocycles. The van der Waals surface area contributed by atoms with Crippen molar-refractivity contribution in [3.8, 4) is 11.8 Å². The van der Waals surface area contributed by atoms with Crippen LogP contribution in [0.3, 0.4) is 0 Å². The molecule has 1 fully saturated rings. The zero-order valence-corrected chi connectivity index (χ0v) is 7.60. The normalized spacial score (nSPS) is 14.9. The van der Waals surface area contributed by atoms with Crippen molar-refractivity contribution in [3.63, 3.8) is 0 Å². The van der Waals surface area contributed by atoms with Crippen LogP contribution in [0.1, 0.15) is 24.0 Å². The Morgan fingerprint density at radius 2 is 2.15 bits per heavy atom. The zero-order valence-electron chi connectivity index (χ0n) is 7.60. The third-order valence-electron chi connectivity index (χ3n) is 2.17. The van der Waals surface area contributed by atoms with Crippen LogP contribution in [0, 0.1) is 30.5 Å². The van der Waals surface area contributed by atoms with Gasteiger partial charge < -0.3 is 0 Å². The van der Waals surface area contributed by atoms with Crippen molar-refractivity contribution in [2.75, 3.05) is 0 Å². The Bertz CT molecular complexity index is 378. The van der Waals surface area contributed by atoms with E-state index in [0.29, 0.717) is 11.5 Å². The Morgan fingerprint density at radius 3 is 2.77 bits per heavy atom. The quantitative estimate of drug-likeness (QED) is 0.530. The Labute approximate surface area is 77.8 Å². The fraction of sp³-hybridized carbons (Fsp3) is 0.333. The van der Waals surface area contributed by atoms with Crippen LogP contribution in [0.5, 0.6) is 0 Å². The van der Waals surface area contributed by atoms with Crippen LogP contribution in [0.25, 0.3) is 0 Å². The second-order valence-electron chi connectivity index (χ2n) is 3.51. The van der Waals surface area contributed by atoms with Gasteiger partial charge in [0.25, 0.3) is 0 Å². The summed E-state index contributed by atoms with van der Waals surface area (Å²) in [6.45, 7) is 1.76. The molecule has 1 aliphatic carbocycles. The lowest BCUT2D eigenvalue weighted by Crippen LogP contribution is -1.83. The van der Waals surface area contributed by atoms with Gasteiger partial charge in [-0.1, -0.05) is 17.9 Å². The molecule has 0 radical (unpaired) electrons. The number of halogens is 1. The highest BCUT2D eigenvalue weighted by Gasteiger charge is 2.17. The second kappa shape index (κ2) is 3.22. The largest absolute Gasteiger partial charge is 0.207 e. The van der Waals surface area contributed by atoms with Gasteiger partial charge in [0.2, 0.25) is 0 Å². The predicted octanol–water partition coefficient (Wildman–Crippen LogP) is 2.90. The van der Waals surface area contributed by atoms with E-state index in [0.717, 1.165) is 5.56 Å². The van der Waals surface area contributed by atoms with Crippen molar-refractivity contribution in [1.29, 1.82) is 0 Å². The Kier molecular flexibility index (Phi) is 2.06. The van der Waals surface area contributed by atoms with Crippen molar-refractivity contribution >= 4 is 0 Å². The van der Waals surface area contributed by atoms with Crippen LogP contribution in [-0.4, -0.2) is 0 Å². The molecule has 0 amide bonds. The maximum Gasteiger partial charge on any atom is 0.127 e. The highest BCUT2D eigenvalue weighted by Crippen LogP contribution is 2.27. The zero-order chi connectivity index (χ0) is 9.26. The van der Waals surface area contributed by atoms with Crippen LogP contribution < -0.4 is 0 Å². The summed E-state index contributed by atoms with van der Waals surface area (Å²) >= 11 is 0. The van der Waals surface area contributed by atoms with Crippen molar-refractivity contribution in [3.05, 3.63) is 35.1 Å². The van der Waals surface area contributed by atoms with Gasteiger partial charge in [-0.25, -0.2) is 4.39 Å². The van der Waals surface area contributed by atoms with Crippen molar-refractivity contribution < 1.29 is 4.39 Å². The van der Waals surface area contributed by atoms with Crippen molar-refractivity contribution in [2.24, 2.45) is 5.92 Å². The summed E-state index contributed by atoms with van der Waals surface area (Å²) < 4.78 is 13.1. The summed E-state index contributed by atoms with van der Waals surface area (Å²) in [7, 11) is 0. The molecule has 0 atom stereocenters. The smallest absolute Gasteiger partial charge is 0.127 e. The van der Waals surface area contributed by atoms with Gasteiger partial charge in [0.05, 0.1) is 0 Å². The van der Waals surface area contributed by atoms with E-state index >= 15 is 0 Å². The lowest BCUT2D eigenvalue weighted by molar-refractivity contribution is 0.618. The second-order valence-corrected chi connectivity index (χ2v) is 3.51. The van der Waals surface area contributed by atoms with Gasteiger partial charge in [0, 0.05) is 11.5 Å². The third kappa shape index (κ3) is 2.09. The molecule has 0 nitrogen and oxygen atoms in total. The summed E-state index contributed by atoms with van der Waals surface area (Å²) in [6.07, 6.45) is 2.42. The first-order valence-electron chi connectivity index (χ1n) is 4.53. The van der Waals surface area contributed by atoms with Crippen LogP contribution in [0.4, 0.5) is 4.39 Å². The van der Waals surface area contributed by atoms with Crippen LogP contribution in [0.15, 0.2) is 18.2 Å². The number of aryl methyl sites for hydroxylation is 1. The van der Waals surface area contributed by atoms with Crippen molar-refractivity contribution in [1.82, 2.24) is 0 Å². The van der Waals surface area contributed by atoms with E-state index in [1.54, 1.807) is 13.0 Å². The monoisotopic (exact) mass is 174 g/mol. The molecule has 1 aromatic rings. The molecule has 0 bridgehead atoms. The van der Waals surface area contributed by atoms with E-state index in [4.69, 9.17) is 0 Å². The maximum atomic E-state index is 13.1. The first kappa shape index (κ1) is 8.31. The topological polar surface area (TPSA) is 0 Å². The van der Waals surface area contributed by atoms with Gasteiger partial charge in [0.15, 0.2) is 0 Å². The van der Waals surface area contributed by atoms with E-state index in [1.807, 2.05) is 6.07 Å². The molecule has 0 unspecified atom stereocenters. The Morgan fingerprint density at radius 1 is 1.38 bits per heavy atom. The molecule has 13 heavy (non-hydrogen) atoms. The van der Waals surface area contributed by atoms with Gasteiger partial charge in [-0.3, -0.25) is 0 Å². The van der Waals surface area contributed by atoms with E-state index in [-0.39, 0.29) is 5.82 Å². The number of benzene rings is 1. The molecule has 0 heterocycles. The SMILES string of the molecule is Cc1ccc(C#CC2CC2)cc1F. The van der Waals surface area contributed by atoms with E-state index in [9.17, 15) is 4.39 Å². The fourth-order valence-electron chi connectivity index (χ4n) is 1.08. The summed E-state index contributed by atoms with van der Waals surface area (Å²) in [5, 5.41) is 0. The molecular weight excluding hydrogens is 163 g/mol. The molecule has 1 heteroatoms. The minimum absolute atomic E-state index is 0.164. The molecule has 66 valence electrons. The van der Waals surface area contributed by atoms with Gasteiger partial charge in [0.1, 0.15) is 5.82 Å². The third-order valence-corrected chi connectivity index (χ3v) is 2.17. The van der Waals surface area contributed by atoms with Gasteiger partial charge >= 0.3 is 0 Å². The molecule has 0 spiro atoms. The first-order chi connectivity index (χ1) is 6.25. The fourth-order valence-corrected chi connectivity index (χ4v) is 1.08. The average Bonchev–Trinajstić information content (AvgIpc) is 2.91. The molecule has 0 saturated heterocycles. The lowest BCUT2D eigenvalue weighted by atomic mass is 10.1. The lowest BCUT2D eigenvalue weighted by Gasteiger charge is -1.95. The summed E-state index contributed by atoms with van der Waals surface area (Å²) in [6, 6.07) is 5.14. The van der Waals surface area contributed by atoms with Gasteiger partial charge in [-0.05, 0) is 37.5 Å². The summed E-state index contributed by atoms with van der Waals surface area (Å²) in [4.78, 5) is 0. The van der Waals surface area contributed by atoms with E-state index in [2.05, 4.69) is 11.8 Å². The molecule has 0 aliphatic heterocycles. The summed E-state index contributed by atoms with van der Waals surface area (Å²) in [5.74, 6) is 6.50. The standard InChI is InChI=1S/C12H11F/c1-9-2-3-11(8-12(9)13)7-6-10-4-5-10/h2-3,8,10H,4-5H2,1H3. The van der Waals surface area contributed by atoms with Crippen LogP contribution in [-0.2, 0) is 0 Å². The highest BCUT2D eigenvalue weighted by molar-refractivity contribution is 5.37. The Hall–Kier alpha value is -1.29. The molecule has 1 saturated carbocycles. The molecule has 2 rings (SSSR count). The minimum atomic E-state index is -0.164. The molecular formula is C12H11F. The highest BCUT2D eigenvalue weighted by atomic mass is 19.1. The first-order valence-corrected chi connectivity index (χ1v) is 4.53. The number of rotatable bonds is 0. The van der Waals surface area contributed by atoms with E-state index < -0.39 is 0 Å². The van der Waals surface area contributed by atoms with Crippen LogP contribution >= 0.6 is 0 Å². The van der Waals surface area contributed by atoms with Crippen molar-refractivity contribution in [2.45, 2.75) is 19.8 Å². The van der Waals surface area contributed by atoms with Gasteiger partial charge in [-0.15, -0.1) is 0 Å². The Balaban J connectivity index is 2.22. The summed E-state index contributed by atoms with van der Waals surface area (Å²) in [5.41, 5.74) is 1.46. The number of hydrogen-bond acceptors (Lipinski definition) is 0. The number of hydrogen-bond donors (Lipinski definition) is 0. The minimum Gasteiger partial charge on any atom is -0.207 e. The molecule has 1 aliphatic rings. The maximum absolute atomic E-state index is 13.1. The van der Waals surface area contributed by atoms with Gasteiger partial charge in [-0.2, -0.15) is 0 Å². The van der Waals surface area contributed by atoms with E-state index in [1.165, 1.54) is 18.9 Å². The predicted molar refractivity (Wildman–Crippen MR) is 50.7 cm³/mol. The molecule has 0 aromatic heterocycles. The molecule has 0 N–H and O–H groups in total. The van der Waals surface area contributed by atoms with Crippen LogP contribution in [0.2, 0.25) is 0 Å². The average molecular weight is 174 g/mol.